The summed E-state index contributed by atoms with van der Waals surface area (Å²) in [6.07, 6.45) is 6.56. The quantitative estimate of drug-likeness (QED) is 0.492. The minimum Gasteiger partial charge on any atom is -0.368 e. The molecule has 70 valence electrons. The van der Waals surface area contributed by atoms with Crippen molar-refractivity contribution in [2.45, 2.75) is 38.1 Å². The van der Waals surface area contributed by atoms with Crippen LogP contribution in [0.2, 0.25) is 0 Å². The molecule has 1 fully saturated rings. The van der Waals surface area contributed by atoms with Crippen molar-refractivity contribution in [1.29, 1.82) is 0 Å². The van der Waals surface area contributed by atoms with Gasteiger partial charge in [0.05, 0.1) is 0 Å². The first-order chi connectivity index (χ1) is 5.70. The second kappa shape index (κ2) is 4.36. The lowest BCUT2D eigenvalue weighted by Crippen LogP contribution is -2.39. The number of nitrogens with one attached hydrogen (secondary N) is 1. The summed E-state index contributed by atoms with van der Waals surface area (Å²) in [4.78, 5) is 0. The number of nitrogens with two attached hydrogens (primary N) is 1. The average Bonchev–Trinajstić information content (AvgIpc) is 2.06. The van der Waals surface area contributed by atoms with E-state index >= 15 is 0 Å². The minimum atomic E-state index is 0.595. The lowest BCUT2D eigenvalue weighted by atomic mass is 9.96. The summed E-state index contributed by atoms with van der Waals surface area (Å²) < 4.78 is 0. The SMILES string of the molecule is C=C(NC1CCCCC1)N(C)N. The number of rotatable bonds is 3. The Kier molecular flexibility index (Phi) is 3.41. The largest absolute Gasteiger partial charge is 0.368 e. The predicted molar refractivity (Wildman–Crippen MR) is 51.1 cm³/mol. The topological polar surface area (TPSA) is 41.3 Å². The van der Waals surface area contributed by atoms with Gasteiger partial charge in [-0.25, -0.2) is 5.84 Å². The Balaban J connectivity index is 2.24. The lowest BCUT2D eigenvalue weighted by molar-refractivity contribution is 0.333. The second-order valence-electron chi connectivity index (χ2n) is 3.54. The highest BCUT2D eigenvalue weighted by atomic mass is 15.4. The lowest BCUT2D eigenvalue weighted by Gasteiger charge is -2.27. The van der Waals surface area contributed by atoms with Crippen molar-refractivity contribution in [2.24, 2.45) is 5.84 Å². The molecule has 12 heavy (non-hydrogen) atoms. The number of hydrogen-bond acceptors (Lipinski definition) is 3. The molecular formula is C9H19N3. The molecule has 3 N–H and O–H groups in total. The molecule has 1 saturated carbocycles. The van der Waals surface area contributed by atoms with E-state index in [-0.39, 0.29) is 0 Å². The Morgan fingerprint density at radius 2 is 2.00 bits per heavy atom. The molecule has 0 unspecified atom stereocenters. The van der Waals surface area contributed by atoms with E-state index in [1.165, 1.54) is 37.1 Å². The summed E-state index contributed by atoms with van der Waals surface area (Å²) in [5.74, 6) is 6.35. The molecule has 0 aromatic carbocycles. The van der Waals surface area contributed by atoms with Crippen molar-refractivity contribution in [3.05, 3.63) is 12.4 Å². The van der Waals surface area contributed by atoms with E-state index in [0.29, 0.717) is 6.04 Å². The van der Waals surface area contributed by atoms with Crippen molar-refractivity contribution in [1.82, 2.24) is 10.3 Å². The summed E-state index contributed by atoms with van der Waals surface area (Å²) >= 11 is 0. The maximum absolute atomic E-state index is 5.52. The standard InChI is InChI=1S/C9H19N3/c1-8(12(2)10)11-9-6-4-3-5-7-9/h9,11H,1,3-7,10H2,2H3. The molecule has 0 aromatic heterocycles. The van der Waals surface area contributed by atoms with Gasteiger partial charge < -0.3 is 10.3 Å². The molecule has 0 amide bonds. The molecule has 3 heteroatoms. The van der Waals surface area contributed by atoms with Crippen LogP contribution in [0, 0.1) is 0 Å². The van der Waals surface area contributed by atoms with Gasteiger partial charge in [-0.2, -0.15) is 0 Å². The van der Waals surface area contributed by atoms with Crippen molar-refractivity contribution >= 4 is 0 Å². The minimum absolute atomic E-state index is 0.595. The summed E-state index contributed by atoms with van der Waals surface area (Å²) in [6.45, 7) is 3.84. The Hall–Kier alpha value is -0.700. The maximum atomic E-state index is 5.52. The summed E-state index contributed by atoms with van der Waals surface area (Å²) in [7, 11) is 1.80. The molecular weight excluding hydrogens is 150 g/mol. The molecule has 0 aromatic rings. The Morgan fingerprint density at radius 3 is 2.50 bits per heavy atom. The molecule has 0 radical (unpaired) electrons. The van der Waals surface area contributed by atoms with Crippen LogP contribution >= 0.6 is 0 Å². The Labute approximate surface area is 74.6 Å². The fraction of sp³-hybridized carbons (Fsp3) is 0.778. The van der Waals surface area contributed by atoms with Crippen LogP contribution in [0.15, 0.2) is 12.4 Å². The molecule has 0 saturated heterocycles. The summed E-state index contributed by atoms with van der Waals surface area (Å²) in [6, 6.07) is 0.595. The first-order valence-corrected chi connectivity index (χ1v) is 4.64. The van der Waals surface area contributed by atoms with Crippen molar-refractivity contribution in [3.8, 4) is 0 Å². The first-order valence-electron chi connectivity index (χ1n) is 4.64. The summed E-state index contributed by atoms with van der Waals surface area (Å²) in [5, 5.41) is 4.86. The zero-order chi connectivity index (χ0) is 8.97. The molecule has 3 nitrogen and oxygen atoms in total. The second-order valence-corrected chi connectivity index (χ2v) is 3.54. The predicted octanol–water partition coefficient (Wildman–Crippen LogP) is 1.19. The van der Waals surface area contributed by atoms with E-state index in [4.69, 9.17) is 5.84 Å². The van der Waals surface area contributed by atoms with Gasteiger partial charge in [0.25, 0.3) is 0 Å². The highest BCUT2D eigenvalue weighted by molar-refractivity contribution is 4.90. The highest BCUT2D eigenvalue weighted by Crippen LogP contribution is 2.17. The van der Waals surface area contributed by atoms with E-state index in [2.05, 4.69) is 11.9 Å². The van der Waals surface area contributed by atoms with Crippen molar-refractivity contribution < 1.29 is 0 Å². The van der Waals surface area contributed by atoms with Gasteiger partial charge in [-0.3, -0.25) is 0 Å². The third-order valence-corrected chi connectivity index (χ3v) is 2.40. The third-order valence-electron chi connectivity index (χ3n) is 2.40. The summed E-state index contributed by atoms with van der Waals surface area (Å²) in [5.41, 5.74) is 0. The van der Waals surface area contributed by atoms with E-state index in [1.807, 2.05) is 0 Å². The first kappa shape index (κ1) is 9.39. The van der Waals surface area contributed by atoms with Crippen LogP contribution in [-0.4, -0.2) is 18.1 Å². The van der Waals surface area contributed by atoms with Gasteiger partial charge in [-0.15, -0.1) is 0 Å². The fourth-order valence-electron chi connectivity index (χ4n) is 1.58. The number of nitrogens with zero attached hydrogens (tertiary/aromatic N) is 1. The van der Waals surface area contributed by atoms with Crippen LogP contribution in [0.5, 0.6) is 0 Å². The van der Waals surface area contributed by atoms with Crippen molar-refractivity contribution in [3.63, 3.8) is 0 Å². The van der Waals surface area contributed by atoms with Gasteiger partial charge in [-0.1, -0.05) is 25.8 Å². The molecule has 0 heterocycles. The van der Waals surface area contributed by atoms with E-state index < -0.39 is 0 Å². The van der Waals surface area contributed by atoms with E-state index in [9.17, 15) is 0 Å². The van der Waals surface area contributed by atoms with Crippen LogP contribution < -0.4 is 11.2 Å². The maximum Gasteiger partial charge on any atom is 0.108 e. The molecule has 1 aliphatic carbocycles. The van der Waals surface area contributed by atoms with Crippen LogP contribution in [0.3, 0.4) is 0 Å². The van der Waals surface area contributed by atoms with Crippen LogP contribution in [0.1, 0.15) is 32.1 Å². The Morgan fingerprint density at radius 1 is 1.42 bits per heavy atom. The van der Waals surface area contributed by atoms with Crippen LogP contribution in [0.25, 0.3) is 0 Å². The molecule has 0 atom stereocenters. The van der Waals surface area contributed by atoms with Gasteiger partial charge in [0, 0.05) is 13.1 Å². The average molecular weight is 169 g/mol. The fourth-order valence-corrected chi connectivity index (χ4v) is 1.58. The number of hydrazine groups is 1. The molecule has 0 aliphatic heterocycles. The van der Waals surface area contributed by atoms with Crippen LogP contribution in [-0.2, 0) is 0 Å². The normalized spacial score (nSPS) is 18.8. The molecule has 1 rings (SSSR count). The van der Waals surface area contributed by atoms with Gasteiger partial charge in [0.2, 0.25) is 0 Å². The third kappa shape index (κ3) is 2.74. The Bertz CT molecular complexity index is 148. The van der Waals surface area contributed by atoms with Gasteiger partial charge in [0.1, 0.15) is 5.82 Å². The van der Waals surface area contributed by atoms with Gasteiger partial charge in [0.15, 0.2) is 0 Å². The zero-order valence-electron chi connectivity index (χ0n) is 7.84. The zero-order valence-corrected chi connectivity index (χ0v) is 7.84. The molecule has 0 spiro atoms. The highest BCUT2D eigenvalue weighted by Gasteiger charge is 2.13. The molecule has 0 bridgehead atoms. The van der Waals surface area contributed by atoms with Gasteiger partial charge >= 0.3 is 0 Å². The van der Waals surface area contributed by atoms with E-state index in [1.54, 1.807) is 7.05 Å². The number of hydrogen-bond donors (Lipinski definition) is 2. The van der Waals surface area contributed by atoms with E-state index in [0.717, 1.165) is 5.82 Å². The van der Waals surface area contributed by atoms with Crippen molar-refractivity contribution in [2.75, 3.05) is 7.05 Å². The smallest absolute Gasteiger partial charge is 0.108 e. The monoisotopic (exact) mass is 169 g/mol. The van der Waals surface area contributed by atoms with Gasteiger partial charge in [-0.05, 0) is 12.8 Å². The molecule has 1 aliphatic rings. The van der Waals surface area contributed by atoms with Crippen LogP contribution in [0.4, 0.5) is 0 Å².